The van der Waals surface area contributed by atoms with Crippen LogP contribution in [-0.2, 0) is 20.1 Å². The number of carbonyl (C=O) groups is 1. The highest BCUT2D eigenvalue weighted by atomic mass is 19.1. The zero-order valence-electron chi connectivity index (χ0n) is 19.2. The molecule has 1 amide bonds. The molecule has 0 aromatic heterocycles. The van der Waals surface area contributed by atoms with Crippen LogP contribution in [0.1, 0.15) is 36.8 Å². The molecule has 5 rings (SSSR count). The van der Waals surface area contributed by atoms with E-state index in [4.69, 9.17) is 9.47 Å². The van der Waals surface area contributed by atoms with Crippen LogP contribution < -0.4 is 10.2 Å². The number of carbonyl (C=O) groups excluding carboxylic acids is 1. The van der Waals surface area contributed by atoms with Crippen molar-refractivity contribution in [2.24, 2.45) is 0 Å². The van der Waals surface area contributed by atoms with Gasteiger partial charge in [0.25, 0.3) is 0 Å². The molecule has 0 unspecified atom stereocenters. The number of likely N-dealkylation sites (tertiary alicyclic amines) is 1. The number of ether oxygens (including phenoxy) is 2. The van der Waals surface area contributed by atoms with Gasteiger partial charge in [0.05, 0.1) is 19.9 Å². The van der Waals surface area contributed by atoms with Crippen LogP contribution in [0.3, 0.4) is 0 Å². The lowest BCUT2D eigenvalue weighted by molar-refractivity contribution is -0.172. The second kappa shape index (κ2) is 9.05. The first-order valence-electron chi connectivity index (χ1n) is 11.9. The molecule has 0 aliphatic carbocycles. The number of benzene rings is 2. The summed E-state index contributed by atoms with van der Waals surface area (Å²) in [6.07, 6.45) is 3.24. The van der Waals surface area contributed by atoms with Crippen molar-refractivity contribution in [1.82, 2.24) is 10.2 Å². The van der Waals surface area contributed by atoms with Crippen molar-refractivity contribution >= 4 is 11.6 Å². The summed E-state index contributed by atoms with van der Waals surface area (Å²) in [4.78, 5) is 17.5. The van der Waals surface area contributed by atoms with Gasteiger partial charge in [0.2, 0.25) is 5.91 Å². The minimum absolute atomic E-state index is 0.143. The molecular formula is C26H32FN3O3. The number of rotatable bonds is 6. The van der Waals surface area contributed by atoms with Crippen LogP contribution in [0.25, 0.3) is 0 Å². The summed E-state index contributed by atoms with van der Waals surface area (Å²) in [5, 5.41) is 3.06. The van der Waals surface area contributed by atoms with Gasteiger partial charge in [0.1, 0.15) is 11.4 Å². The summed E-state index contributed by atoms with van der Waals surface area (Å²) in [5.74, 6) is -0.888. The lowest BCUT2D eigenvalue weighted by Gasteiger charge is -2.43. The van der Waals surface area contributed by atoms with Gasteiger partial charge in [-0.3, -0.25) is 4.79 Å². The third-order valence-corrected chi connectivity index (χ3v) is 7.42. The van der Waals surface area contributed by atoms with Crippen molar-refractivity contribution in [3.8, 4) is 0 Å². The Morgan fingerprint density at radius 3 is 2.48 bits per heavy atom. The van der Waals surface area contributed by atoms with Crippen molar-refractivity contribution in [3.63, 3.8) is 0 Å². The molecule has 176 valence electrons. The third-order valence-electron chi connectivity index (χ3n) is 7.42. The fraction of sp³-hybridized carbons (Fsp3) is 0.500. The van der Waals surface area contributed by atoms with Gasteiger partial charge in [-0.15, -0.1) is 0 Å². The predicted molar refractivity (Wildman–Crippen MR) is 124 cm³/mol. The molecule has 2 aromatic rings. The fourth-order valence-electron chi connectivity index (χ4n) is 5.66. The van der Waals surface area contributed by atoms with E-state index in [1.54, 1.807) is 6.07 Å². The van der Waals surface area contributed by atoms with Gasteiger partial charge in [-0.05, 0) is 62.6 Å². The number of halogens is 1. The quantitative estimate of drug-likeness (QED) is 0.725. The van der Waals surface area contributed by atoms with E-state index >= 15 is 0 Å². The smallest absolute Gasteiger partial charge is 0.247 e. The van der Waals surface area contributed by atoms with Gasteiger partial charge in [-0.1, -0.05) is 24.3 Å². The first-order chi connectivity index (χ1) is 16.0. The van der Waals surface area contributed by atoms with Gasteiger partial charge >= 0.3 is 0 Å². The van der Waals surface area contributed by atoms with Crippen LogP contribution in [0.5, 0.6) is 0 Å². The molecule has 0 saturated carbocycles. The average Bonchev–Trinajstić information content (AvgIpc) is 3.42. The summed E-state index contributed by atoms with van der Waals surface area (Å²) >= 11 is 0. The Hall–Kier alpha value is -2.48. The van der Waals surface area contributed by atoms with Crippen molar-refractivity contribution in [2.45, 2.75) is 43.9 Å². The largest absolute Gasteiger partial charge is 0.343 e. The SMILES string of the molecule is Cc1cc(F)ccc1C1(CCCN2CCC3(CC2)C(=O)NCN3c2ccccc2)OCCO1. The maximum atomic E-state index is 13.6. The molecule has 0 atom stereocenters. The molecule has 3 saturated heterocycles. The van der Waals surface area contributed by atoms with Gasteiger partial charge in [0, 0.05) is 30.8 Å². The molecule has 1 spiro atoms. The first kappa shape index (κ1) is 22.3. The molecule has 0 radical (unpaired) electrons. The first-order valence-corrected chi connectivity index (χ1v) is 11.9. The maximum absolute atomic E-state index is 13.6. The average molecular weight is 454 g/mol. The van der Waals surface area contributed by atoms with E-state index in [2.05, 4.69) is 27.2 Å². The minimum Gasteiger partial charge on any atom is -0.343 e. The van der Waals surface area contributed by atoms with E-state index in [9.17, 15) is 9.18 Å². The number of nitrogens with zero attached hydrogens (tertiary/aromatic N) is 2. The zero-order valence-corrected chi connectivity index (χ0v) is 19.2. The number of anilines is 1. The van der Waals surface area contributed by atoms with E-state index < -0.39 is 11.3 Å². The molecule has 3 aliphatic heterocycles. The second-order valence-electron chi connectivity index (χ2n) is 9.31. The zero-order chi connectivity index (χ0) is 22.9. The molecule has 3 heterocycles. The normalized spacial score (nSPS) is 22.1. The lowest BCUT2D eigenvalue weighted by Crippen LogP contribution is -2.56. The Bertz CT molecular complexity index is 986. The lowest BCUT2D eigenvalue weighted by atomic mass is 9.85. The molecule has 3 fully saturated rings. The number of para-hydroxylation sites is 1. The Labute approximate surface area is 194 Å². The topological polar surface area (TPSA) is 54.0 Å². The van der Waals surface area contributed by atoms with Crippen LogP contribution in [0.2, 0.25) is 0 Å². The molecule has 0 bridgehead atoms. The number of aryl methyl sites for hydroxylation is 1. The molecule has 33 heavy (non-hydrogen) atoms. The molecule has 2 aromatic carbocycles. The summed E-state index contributed by atoms with van der Waals surface area (Å²) in [6.45, 7) is 6.23. The summed E-state index contributed by atoms with van der Waals surface area (Å²) in [5.41, 5.74) is 2.41. The van der Waals surface area contributed by atoms with E-state index in [0.29, 0.717) is 19.9 Å². The van der Waals surface area contributed by atoms with Crippen LogP contribution in [0.15, 0.2) is 48.5 Å². The standard InChI is InChI=1S/C26H32FN3O3/c1-20-18-21(27)8-9-23(20)26(32-16-17-33-26)10-5-13-29-14-11-25(12-15-29)24(31)28-19-30(25)22-6-3-2-4-7-22/h2-4,6-9,18H,5,10-17,19H2,1H3,(H,28,31). The highest BCUT2D eigenvalue weighted by Crippen LogP contribution is 2.39. The van der Waals surface area contributed by atoms with Gasteiger partial charge in [-0.2, -0.15) is 0 Å². The number of piperidine rings is 1. The second-order valence-corrected chi connectivity index (χ2v) is 9.31. The maximum Gasteiger partial charge on any atom is 0.247 e. The molecule has 7 heteroatoms. The van der Waals surface area contributed by atoms with Gasteiger partial charge in [0.15, 0.2) is 5.79 Å². The van der Waals surface area contributed by atoms with E-state index in [0.717, 1.165) is 62.1 Å². The third kappa shape index (κ3) is 4.14. The van der Waals surface area contributed by atoms with Crippen LogP contribution in [0.4, 0.5) is 10.1 Å². The Morgan fingerprint density at radius 1 is 1.06 bits per heavy atom. The Morgan fingerprint density at radius 2 is 1.79 bits per heavy atom. The van der Waals surface area contributed by atoms with E-state index in [-0.39, 0.29) is 11.7 Å². The van der Waals surface area contributed by atoms with E-state index in [1.165, 1.54) is 12.1 Å². The Balaban J connectivity index is 1.21. The monoisotopic (exact) mass is 453 g/mol. The molecule has 1 N–H and O–H groups in total. The summed E-state index contributed by atoms with van der Waals surface area (Å²) in [6, 6.07) is 15.0. The van der Waals surface area contributed by atoms with Crippen molar-refractivity contribution < 1.29 is 18.7 Å². The number of hydrogen-bond donors (Lipinski definition) is 1. The predicted octanol–water partition coefficient (Wildman–Crippen LogP) is 3.54. The Kier molecular flexibility index (Phi) is 6.12. The van der Waals surface area contributed by atoms with Gasteiger partial charge in [-0.25, -0.2) is 4.39 Å². The minimum atomic E-state index is -0.787. The fourth-order valence-corrected chi connectivity index (χ4v) is 5.66. The number of hydrogen-bond acceptors (Lipinski definition) is 5. The molecule has 6 nitrogen and oxygen atoms in total. The molecular weight excluding hydrogens is 421 g/mol. The van der Waals surface area contributed by atoms with E-state index in [1.807, 2.05) is 25.1 Å². The van der Waals surface area contributed by atoms with Gasteiger partial charge < -0.3 is 24.6 Å². The summed E-state index contributed by atoms with van der Waals surface area (Å²) < 4.78 is 25.8. The molecule has 3 aliphatic rings. The van der Waals surface area contributed by atoms with Crippen LogP contribution in [-0.4, -0.2) is 55.9 Å². The van der Waals surface area contributed by atoms with Crippen molar-refractivity contribution in [1.29, 1.82) is 0 Å². The van der Waals surface area contributed by atoms with Crippen LogP contribution >= 0.6 is 0 Å². The highest BCUT2D eigenvalue weighted by Gasteiger charge is 2.50. The van der Waals surface area contributed by atoms with Crippen LogP contribution in [0, 0.1) is 12.7 Å². The van der Waals surface area contributed by atoms with Crippen molar-refractivity contribution in [3.05, 3.63) is 65.5 Å². The number of nitrogens with one attached hydrogen (secondary N) is 1. The summed E-state index contributed by atoms with van der Waals surface area (Å²) in [7, 11) is 0. The number of amides is 1. The highest BCUT2D eigenvalue weighted by molar-refractivity contribution is 5.93. The van der Waals surface area contributed by atoms with Crippen molar-refractivity contribution in [2.75, 3.05) is 44.4 Å².